The van der Waals surface area contributed by atoms with Gasteiger partial charge in [0.05, 0.1) is 12.0 Å². The minimum Gasteiger partial charge on any atom is -0.378 e. The minimum absolute atomic E-state index is 0.103. The Morgan fingerprint density at radius 2 is 1.87 bits per heavy atom. The molecule has 0 spiro atoms. The molecule has 15 heavy (non-hydrogen) atoms. The molecule has 2 rings (SSSR count). The zero-order valence-corrected chi connectivity index (χ0v) is 9.63. The monoisotopic (exact) mass is 211 g/mol. The Labute approximate surface area is 91.8 Å². The van der Waals surface area contributed by atoms with Crippen molar-refractivity contribution < 1.29 is 9.53 Å². The van der Waals surface area contributed by atoms with Crippen LogP contribution in [0, 0.1) is 0 Å². The van der Waals surface area contributed by atoms with Gasteiger partial charge in [-0.2, -0.15) is 0 Å². The molecule has 1 heterocycles. The quantitative estimate of drug-likeness (QED) is 0.714. The molecule has 2 fully saturated rings. The maximum atomic E-state index is 12.0. The summed E-state index contributed by atoms with van der Waals surface area (Å²) in [6.45, 7) is 1.91. The van der Waals surface area contributed by atoms with Crippen molar-refractivity contribution >= 4 is 5.91 Å². The van der Waals surface area contributed by atoms with Gasteiger partial charge in [-0.3, -0.25) is 4.79 Å². The van der Waals surface area contributed by atoms with Crippen molar-refractivity contribution in [3.63, 3.8) is 0 Å². The van der Waals surface area contributed by atoms with Gasteiger partial charge in [0.15, 0.2) is 0 Å². The van der Waals surface area contributed by atoms with Crippen molar-refractivity contribution in [1.29, 1.82) is 0 Å². The number of nitrogens with zero attached hydrogens (tertiary/aromatic N) is 1. The van der Waals surface area contributed by atoms with Crippen LogP contribution in [0.2, 0.25) is 0 Å². The van der Waals surface area contributed by atoms with Crippen LogP contribution in [0.3, 0.4) is 0 Å². The molecular weight excluding hydrogens is 190 g/mol. The second-order valence-electron chi connectivity index (χ2n) is 4.86. The first-order chi connectivity index (χ1) is 7.26. The van der Waals surface area contributed by atoms with Crippen LogP contribution in [0.1, 0.15) is 44.9 Å². The molecule has 0 aromatic heterocycles. The highest BCUT2D eigenvalue weighted by molar-refractivity contribution is 5.77. The first-order valence-electron chi connectivity index (χ1n) is 6.09. The Bertz CT molecular complexity index is 224. The molecule has 0 aromatic rings. The number of likely N-dealkylation sites (tertiary alicyclic amines) is 1. The van der Waals surface area contributed by atoms with E-state index >= 15 is 0 Å². The molecule has 86 valence electrons. The van der Waals surface area contributed by atoms with Gasteiger partial charge < -0.3 is 9.64 Å². The van der Waals surface area contributed by atoms with Crippen molar-refractivity contribution in [3.8, 4) is 0 Å². The number of hydrogen-bond acceptors (Lipinski definition) is 2. The lowest BCUT2D eigenvalue weighted by Crippen LogP contribution is -2.46. The van der Waals surface area contributed by atoms with E-state index < -0.39 is 0 Å². The lowest BCUT2D eigenvalue weighted by molar-refractivity contribution is -0.144. The smallest absolute Gasteiger partial charge is 0.225 e. The third-order valence-electron chi connectivity index (χ3n) is 3.88. The van der Waals surface area contributed by atoms with Crippen molar-refractivity contribution in [3.05, 3.63) is 0 Å². The normalized spacial score (nSPS) is 24.7. The second kappa shape index (κ2) is 4.52. The summed E-state index contributed by atoms with van der Waals surface area (Å²) in [6, 6.07) is 0. The molecular formula is C12H21NO2. The SMILES string of the molecule is COC1(CC(=O)N2CCCCC2)CCC1. The number of methoxy groups -OCH3 is 1. The number of piperidine rings is 1. The van der Waals surface area contributed by atoms with Crippen LogP contribution in [0.5, 0.6) is 0 Å². The van der Waals surface area contributed by atoms with E-state index in [2.05, 4.69) is 0 Å². The standard InChI is InChI=1S/C12H21NO2/c1-15-12(6-5-7-12)10-11(14)13-8-3-2-4-9-13/h2-10H2,1H3. The van der Waals surface area contributed by atoms with E-state index in [1.54, 1.807) is 7.11 Å². The predicted octanol–water partition coefficient (Wildman–Crippen LogP) is 1.96. The van der Waals surface area contributed by atoms with Crippen LogP contribution in [-0.4, -0.2) is 36.6 Å². The van der Waals surface area contributed by atoms with Crippen LogP contribution >= 0.6 is 0 Å². The Morgan fingerprint density at radius 3 is 2.33 bits per heavy atom. The van der Waals surface area contributed by atoms with Gasteiger partial charge in [0.1, 0.15) is 0 Å². The maximum absolute atomic E-state index is 12.0. The average Bonchev–Trinajstić information content (AvgIpc) is 2.24. The summed E-state index contributed by atoms with van der Waals surface area (Å²) in [6.07, 6.45) is 7.55. The summed E-state index contributed by atoms with van der Waals surface area (Å²) >= 11 is 0. The fraction of sp³-hybridized carbons (Fsp3) is 0.917. The predicted molar refractivity (Wildman–Crippen MR) is 58.6 cm³/mol. The number of hydrogen-bond donors (Lipinski definition) is 0. The molecule has 1 aliphatic carbocycles. The first-order valence-corrected chi connectivity index (χ1v) is 6.09. The van der Waals surface area contributed by atoms with Gasteiger partial charge in [0.2, 0.25) is 5.91 Å². The Balaban J connectivity index is 1.85. The summed E-state index contributed by atoms with van der Waals surface area (Å²) < 4.78 is 5.49. The van der Waals surface area contributed by atoms with Crippen LogP contribution < -0.4 is 0 Å². The maximum Gasteiger partial charge on any atom is 0.225 e. The lowest BCUT2D eigenvalue weighted by Gasteiger charge is -2.41. The van der Waals surface area contributed by atoms with Crippen LogP contribution in [0.15, 0.2) is 0 Å². The highest BCUT2D eigenvalue weighted by Gasteiger charge is 2.40. The van der Waals surface area contributed by atoms with Gasteiger partial charge in [-0.25, -0.2) is 0 Å². The van der Waals surface area contributed by atoms with Crippen LogP contribution in [-0.2, 0) is 9.53 Å². The Kier molecular flexibility index (Phi) is 3.29. The van der Waals surface area contributed by atoms with E-state index in [0.29, 0.717) is 12.3 Å². The molecule has 1 aliphatic heterocycles. The molecule has 0 unspecified atom stereocenters. The molecule has 0 N–H and O–H groups in total. The van der Waals surface area contributed by atoms with E-state index in [1.807, 2.05) is 4.90 Å². The van der Waals surface area contributed by atoms with Gasteiger partial charge in [0.25, 0.3) is 0 Å². The number of carbonyl (C=O) groups is 1. The third-order valence-corrected chi connectivity index (χ3v) is 3.88. The summed E-state index contributed by atoms with van der Waals surface area (Å²) in [7, 11) is 1.74. The van der Waals surface area contributed by atoms with E-state index in [4.69, 9.17) is 4.74 Å². The van der Waals surface area contributed by atoms with Crippen LogP contribution in [0.4, 0.5) is 0 Å². The van der Waals surface area contributed by atoms with Crippen molar-refractivity contribution in [2.75, 3.05) is 20.2 Å². The molecule has 0 bridgehead atoms. The number of rotatable bonds is 3. The van der Waals surface area contributed by atoms with Gasteiger partial charge in [-0.1, -0.05) is 0 Å². The highest BCUT2D eigenvalue weighted by atomic mass is 16.5. The zero-order chi connectivity index (χ0) is 10.7. The van der Waals surface area contributed by atoms with Gasteiger partial charge in [0, 0.05) is 20.2 Å². The molecule has 1 saturated heterocycles. The van der Waals surface area contributed by atoms with Gasteiger partial charge in [-0.15, -0.1) is 0 Å². The molecule has 0 aromatic carbocycles. The van der Waals surface area contributed by atoms with E-state index in [1.165, 1.54) is 25.7 Å². The number of carbonyl (C=O) groups excluding carboxylic acids is 1. The number of amides is 1. The molecule has 0 radical (unpaired) electrons. The molecule has 2 aliphatic rings. The van der Waals surface area contributed by atoms with Gasteiger partial charge >= 0.3 is 0 Å². The summed E-state index contributed by atoms with van der Waals surface area (Å²) in [5, 5.41) is 0. The van der Waals surface area contributed by atoms with Gasteiger partial charge in [-0.05, 0) is 38.5 Å². The third kappa shape index (κ3) is 2.33. The largest absolute Gasteiger partial charge is 0.378 e. The van der Waals surface area contributed by atoms with Crippen LogP contribution in [0.25, 0.3) is 0 Å². The molecule has 3 nitrogen and oxygen atoms in total. The minimum atomic E-state index is -0.103. The topological polar surface area (TPSA) is 29.5 Å². The van der Waals surface area contributed by atoms with E-state index in [0.717, 1.165) is 25.9 Å². The van der Waals surface area contributed by atoms with E-state index in [9.17, 15) is 4.79 Å². The van der Waals surface area contributed by atoms with Crippen molar-refractivity contribution in [2.45, 2.75) is 50.5 Å². The van der Waals surface area contributed by atoms with Crippen molar-refractivity contribution in [1.82, 2.24) is 4.90 Å². The molecule has 0 atom stereocenters. The fourth-order valence-corrected chi connectivity index (χ4v) is 2.55. The average molecular weight is 211 g/mol. The first kappa shape index (κ1) is 10.9. The fourth-order valence-electron chi connectivity index (χ4n) is 2.55. The second-order valence-corrected chi connectivity index (χ2v) is 4.86. The number of ether oxygens (including phenoxy) is 1. The lowest BCUT2D eigenvalue weighted by atomic mass is 9.77. The summed E-state index contributed by atoms with van der Waals surface area (Å²) in [5.74, 6) is 0.302. The molecule has 3 heteroatoms. The summed E-state index contributed by atoms with van der Waals surface area (Å²) in [5.41, 5.74) is -0.103. The zero-order valence-electron chi connectivity index (χ0n) is 9.63. The Morgan fingerprint density at radius 1 is 1.20 bits per heavy atom. The molecule has 1 amide bonds. The molecule has 1 saturated carbocycles. The summed E-state index contributed by atoms with van der Waals surface area (Å²) in [4.78, 5) is 14.0. The highest BCUT2D eigenvalue weighted by Crippen LogP contribution is 2.38. The van der Waals surface area contributed by atoms with E-state index in [-0.39, 0.29) is 5.60 Å². The van der Waals surface area contributed by atoms with Crippen molar-refractivity contribution in [2.24, 2.45) is 0 Å². The Hall–Kier alpha value is -0.570.